The number of phenolic OH excluding ortho intramolecular Hbond substituents is 1. The number of carbonyl (C=O) groups excluding carboxylic acids is 1. The summed E-state index contributed by atoms with van der Waals surface area (Å²) >= 11 is 1.89. The molecule has 1 fully saturated rings. The van der Waals surface area contributed by atoms with E-state index in [1.807, 2.05) is 47.0 Å². The Hall–Kier alpha value is -3.20. The van der Waals surface area contributed by atoms with E-state index in [1.54, 1.807) is 24.3 Å². The Balaban J connectivity index is 1.09. The zero-order valence-corrected chi connectivity index (χ0v) is 21.7. The van der Waals surface area contributed by atoms with Crippen molar-refractivity contribution in [1.29, 1.82) is 0 Å². The van der Waals surface area contributed by atoms with Gasteiger partial charge in [0.15, 0.2) is 0 Å². The summed E-state index contributed by atoms with van der Waals surface area (Å²) in [4.78, 5) is 15.6. The van der Waals surface area contributed by atoms with Crippen LogP contribution in [0.3, 0.4) is 0 Å². The van der Waals surface area contributed by atoms with Gasteiger partial charge in [0, 0.05) is 35.5 Å². The molecule has 37 heavy (non-hydrogen) atoms. The number of amides is 2. The number of nitrogens with one attached hydrogen (secondary N) is 2. The normalized spacial score (nSPS) is 14.8. The quantitative estimate of drug-likeness (QED) is 0.272. The smallest absolute Gasteiger partial charge is 0.321 e. The topological polar surface area (TPSA) is 94.1 Å². The van der Waals surface area contributed by atoms with Crippen LogP contribution in [0.2, 0.25) is 0 Å². The zero-order valence-electron chi connectivity index (χ0n) is 20.9. The molecule has 1 aliphatic rings. The number of carbonyl (C=O) groups is 1. The Morgan fingerprint density at radius 2 is 1.70 bits per heavy atom. The minimum Gasteiger partial charge on any atom is -0.508 e. The number of aliphatic hydroxyl groups is 1. The van der Waals surface area contributed by atoms with E-state index in [-0.39, 0.29) is 18.4 Å². The third kappa shape index (κ3) is 9.00. The number of piperidine rings is 1. The largest absolute Gasteiger partial charge is 0.508 e. The molecule has 7 nitrogen and oxygen atoms in total. The number of aliphatic hydroxyl groups excluding tert-OH is 1. The average Bonchev–Trinajstić information content (AvgIpc) is 2.92. The van der Waals surface area contributed by atoms with Crippen LogP contribution < -0.4 is 15.4 Å². The van der Waals surface area contributed by atoms with Gasteiger partial charge in [-0.05, 0) is 79.9 Å². The molecule has 0 radical (unpaired) electrons. The summed E-state index contributed by atoms with van der Waals surface area (Å²) in [5, 5.41) is 26.2. The standard InChI is InChI=1S/C29H35N3O4S/c33-24-8-10-26(11-9-24)36-21-25(34)20-30-17-14-22-6-12-27(13-7-22)37-28-15-18-32(19-16-28)29(35)31-23-4-2-1-3-5-23/h1-13,25,28,30,33-34H,14-21H2,(H,31,35). The third-order valence-electron chi connectivity index (χ3n) is 6.23. The van der Waals surface area contributed by atoms with Gasteiger partial charge >= 0.3 is 6.03 Å². The fourth-order valence-electron chi connectivity index (χ4n) is 4.12. The summed E-state index contributed by atoms with van der Waals surface area (Å²) in [5.41, 5.74) is 2.08. The number of aromatic hydroxyl groups is 1. The first-order chi connectivity index (χ1) is 18.0. The van der Waals surface area contributed by atoms with Crippen molar-refractivity contribution < 1.29 is 19.7 Å². The molecule has 0 aliphatic carbocycles. The van der Waals surface area contributed by atoms with Crippen LogP contribution in [0.5, 0.6) is 11.5 Å². The molecule has 4 rings (SSSR count). The van der Waals surface area contributed by atoms with E-state index in [1.165, 1.54) is 10.5 Å². The van der Waals surface area contributed by atoms with E-state index < -0.39 is 6.10 Å². The second kappa shape index (κ2) is 13.9. The van der Waals surface area contributed by atoms with Gasteiger partial charge in [-0.2, -0.15) is 0 Å². The number of para-hydroxylation sites is 1. The second-order valence-electron chi connectivity index (χ2n) is 9.16. The molecule has 1 unspecified atom stereocenters. The highest BCUT2D eigenvalue weighted by Crippen LogP contribution is 2.30. The minimum atomic E-state index is -0.608. The molecular formula is C29H35N3O4S. The first-order valence-electron chi connectivity index (χ1n) is 12.7. The number of nitrogens with zero attached hydrogens (tertiary/aromatic N) is 1. The van der Waals surface area contributed by atoms with Gasteiger partial charge in [0.25, 0.3) is 0 Å². The van der Waals surface area contributed by atoms with Crippen LogP contribution in [0.25, 0.3) is 0 Å². The van der Waals surface area contributed by atoms with Crippen LogP contribution in [0.1, 0.15) is 18.4 Å². The molecule has 1 saturated heterocycles. The van der Waals surface area contributed by atoms with E-state index in [9.17, 15) is 15.0 Å². The van der Waals surface area contributed by atoms with Crippen molar-refractivity contribution in [2.45, 2.75) is 35.5 Å². The van der Waals surface area contributed by atoms with Gasteiger partial charge in [0.05, 0.1) is 0 Å². The van der Waals surface area contributed by atoms with Crippen LogP contribution in [0.4, 0.5) is 10.5 Å². The summed E-state index contributed by atoms with van der Waals surface area (Å²) in [7, 11) is 0. The summed E-state index contributed by atoms with van der Waals surface area (Å²) < 4.78 is 5.53. The van der Waals surface area contributed by atoms with Crippen molar-refractivity contribution in [1.82, 2.24) is 10.2 Å². The summed E-state index contributed by atoms with van der Waals surface area (Å²) in [6.45, 7) is 2.96. The maximum Gasteiger partial charge on any atom is 0.321 e. The number of hydrogen-bond donors (Lipinski definition) is 4. The van der Waals surface area contributed by atoms with Crippen molar-refractivity contribution >= 4 is 23.5 Å². The van der Waals surface area contributed by atoms with E-state index >= 15 is 0 Å². The van der Waals surface area contributed by atoms with Gasteiger partial charge in [-0.1, -0.05) is 30.3 Å². The maximum absolute atomic E-state index is 12.5. The zero-order chi connectivity index (χ0) is 25.9. The van der Waals surface area contributed by atoms with Gasteiger partial charge in [-0.25, -0.2) is 4.79 Å². The van der Waals surface area contributed by atoms with Crippen molar-refractivity contribution in [3.05, 3.63) is 84.4 Å². The Morgan fingerprint density at radius 1 is 1.00 bits per heavy atom. The van der Waals surface area contributed by atoms with Crippen molar-refractivity contribution in [2.75, 3.05) is 38.1 Å². The minimum absolute atomic E-state index is 0.0231. The molecule has 8 heteroatoms. The lowest BCUT2D eigenvalue weighted by Gasteiger charge is -2.31. The summed E-state index contributed by atoms with van der Waals surface area (Å²) in [6.07, 6.45) is 2.24. The molecule has 0 spiro atoms. The molecule has 0 saturated carbocycles. The fourth-order valence-corrected chi connectivity index (χ4v) is 5.25. The predicted octanol–water partition coefficient (Wildman–Crippen LogP) is 4.75. The first-order valence-corrected chi connectivity index (χ1v) is 13.6. The average molecular weight is 522 g/mol. The van der Waals surface area contributed by atoms with Crippen molar-refractivity contribution in [2.24, 2.45) is 0 Å². The number of rotatable bonds is 11. The lowest BCUT2D eigenvalue weighted by atomic mass is 10.1. The number of ether oxygens (including phenoxy) is 1. The molecule has 4 N–H and O–H groups in total. The van der Waals surface area contributed by atoms with Gasteiger partial charge in [-0.15, -0.1) is 11.8 Å². The SMILES string of the molecule is O=C(Nc1ccccc1)N1CCC(Sc2ccc(CCNCC(O)COc3ccc(O)cc3)cc2)CC1. The number of benzene rings is 3. The summed E-state index contributed by atoms with van der Waals surface area (Å²) in [6, 6.07) is 24.7. The molecule has 3 aromatic rings. The lowest BCUT2D eigenvalue weighted by Crippen LogP contribution is -2.41. The molecule has 196 valence electrons. The van der Waals surface area contributed by atoms with E-state index in [4.69, 9.17) is 4.74 Å². The fraction of sp³-hybridized carbons (Fsp3) is 0.345. The third-order valence-corrected chi connectivity index (χ3v) is 7.58. The van der Waals surface area contributed by atoms with Crippen molar-refractivity contribution in [3.63, 3.8) is 0 Å². The van der Waals surface area contributed by atoms with Gasteiger partial charge in [0.1, 0.15) is 24.2 Å². The lowest BCUT2D eigenvalue weighted by molar-refractivity contribution is 0.106. The highest BCUT2D eigenvalue weighted by atomic mass is 32.2. The van der Waals surface area contributed by atoms with Gasteiger partial charge < -0.3 is 30.5 Å². The monoisotopic (exact) mass is 521 g/mol. The maximum atomic E-state index is 12.5. The molecule has 1 atom stereocenters. The van der Waals surface area contributed by atoms with Crippen LogP contribution in [-0.2, 0) is 6.42 Å². The molecular weight excluding hydrogens is 486 g/mol. The Labute approximate surface area is 222 Å². The highest BCUT2D eigenvalue weighted by molar-refractivity contribution is 8.00. The molecule has 1 aliphatic heterocycles. The van der Waals surface area contributed by atoms with Gasteiger partial charge in [-0.3, -0.25) is 0 Å². The predicted molar refractivity (Wildman–Crippen MR) is 149 cm³/mol. The first kappa shape index (κ1) is 26.9. The van der Waals surface area contributed by atoms with Crippen molar-refractivity contribution in [3.8, 4) is 11.5 Å². The molecule has 0 aromatic heterocycles. The number of phenols is 1. The molecule has 2 amide bonds. The highest BCUT2D eigenvalue weighted by Gasteiger charge is 2.23. The van der Waals surface area contributed by atoms with Crippen LogP contribution in [-0.4, -0.2) is 65.3 Å². The van der Waals surface area contributed by atoms with E-state index in [0.717, 1.165) is 44.6 Å². The molecule has 1 heterocycles. The second-order valence-corrected chi connectivity index (χ2v) is 10.5. The Bertz CT molecular complexity index is 1090. The van der Waals surface area contributed by atoms with Crippen LogP contribution in [0.15, 0.2) is 83.8 Å². The number of anilines is 1. The van der Waals surface area contributed by atoms with E-state index in [0.29, 0.717) is 17.5 Å². The van der Waals surface area contributed by atoms with E-state index in [2.05, 4.69) is 34.9 Å². The number of urea groups is 1. The van der Waals surface area contributed by atoms with Crippen LogP contribution in [0, 0.1) is 0 Å². The Morgan fingerprint density at radius 3 is 2.41 bits per heavy atom. The number of hydrogen-bond acceptors (Lipinski definition) is 6. The number of thioether (sulfide) groups is 1. The Kier molecular flexibility index (Phi) is 10.1. The number of likely N-dealkylation sites (tertiary alicyclic amines) is 1. The van der Waals surface area contributed by atoms with Crippen LogP contribution >= 0.6 is 11.8 Å². The molecule has 3 aromatic carbocycles. The van der Waals surface area contributed by atoms with Gasteiger partial charge in [0.2, 0.25) is 0 Å². The molecule has 0 bridgehead atoms. The summed E-state index contributed by atoms with van der Waals surface area (Å²) in [5.74, 6) is 0.807.